The summed E-state index contributed by atoms with van der Waals surface area (Å²) in [5.41, 5.74) is -0.511. The maximum Gasteiger partial charge on any atom is 0.232 e. The largest absolute Gasteiger partial charge is 0.344 e. The minimum Gasteiger partial charge on any atom is -0.344 e. The van der Waals surface area contributed by atoms with E-state index in [0.717, 1.165) is 350 Å². The first-order valence-corrected chi connectivity index (χ1v) is 52.3. The van der Waals surface area contributed by atoms with Crippen molar-refractivity contribution in [3.8, 4) is 0 Å². The first-order valence-electron chi connectivity index (χ1n) is 52.3. The Morgan fingerprint density at radius 1 is 0.203 bits per heavy atom. The van der Waals surface area contributed by atoms with Gasteiger partial charge < -0.3 is 44.1 Å². The van der Waals surface area contributed by atoms with Crippen LogP contribution in [0.1, 0.15) is 420 Å². The third kappa shape index (κ3) is 28.6. The second-order valence-electron chi connectivity index (χ2n) is 46.9. The fourth-order valence-corrected chi connectivity index (χ4v) is 22.9. The Hall–Kier alpha value is -4.97. The summed E-state index contributed by atoms with van der Waals surface area (Å²) in [6, 6.07) is 1.12. The molecule has 0 unspecified atom stereocenters. The fraction of sp³-hybridized carbons (Fsp3) is 0.914. The highest BCUT2D eigenvalue weighted by Gasteiger charge is 2.52. The minimum absolute atomic E-state index is 0. The third-order valence-corrected chi connectivity index (χ3v) is 32.3. The minimum atomic E-state index is -0.0797. The van der Waals surface area contributed by atoms with Gasteiger partial charge in [0.25, 0.3) is 0 Å². The summed E-state index contributed by atoms with van der Waals surface area (Å²) in [6.45, 7) is 78.9. The lowest BCUT2D eigenvalue weighted by molar-refractivity contribution is -0.0136. The van der Waals surface area contributed by atoms with Crippen LogP contribution in [0.2, 0.25) is 0 Å². The molecule has 0 saturated carbocycles. The summed E-state index contributed by atoms with van der Waals surface area (Å²) < 4.78 is 0. The zero-order valence-electron chi connectivity index (χ0n) is 89.2. The topological polar surface area (TPSA) is 161 Å². The van der Waals surface area contributed by atoms with Crippen LogP contribution in [-0.4, -0.2) is 276 Å². The SMILES string of the molecule is C.CCCCN(C)c1nc(N(CCCC)CCCC)nc(N(CCCCCCN(c2nc(N(CCCC)C3CC(C)(C)N(C)C(C)(C)C3)nc(N(CCCCCCN(c3nc(N(CCCC)CCCC)nc(N(CCCC)CCCC)n3)C3CC(C)(C)N(C)C(C)(C)C3)C3CC(C)(C)N(C)C(C)(C)C3)n2)C2CC(C)(C)N(C)C(C)(C)C2)C2CC(C)(C)N(C)C(C)(C)C2)n1. The number of hydrogen-bond donors (Lipinski definition) is 0. The number of hydrogen-bond acceptors (Lipinski definition) is 23. The van der Waals surface area contributed by atoms with Gasteiger partial charge in [0.05, 0.1) is 0 Å². The Bertz CT molecular complexity index is 3570. The number of likely N-dealkylation sites (tertiary alicyclic amines) is 5. The molecule has 128 heavy (non-hydrogen) atoms. The molecule has 5 aliphatic heterocycles. The zero-order chi connectivity index (χ0) is 94.1. The summed E-state index contributed by atoms with van der Waals surface area (Å²) in [5.74, 6) is 7.67. The number of piperidine rings is 5. The molecular formula is C105H203N23. The van der Waals surface area contributed by atoms with E-state index in [1.807, 2.05) is 0 Å². The van der Waals surface area contributed by atoms with Crippen LogP contribution in [0.25, 0.3) is 0 Å². The van der Waals surface area contributed by atoms with E-state index in [1.54, 1.807) is 0 Å². The van der Waals surface area contributed by atoms with Crippen LogP contribution < -0.4 is 44.1 Å². The van der Waals surface area contributed by atoms with Crippen molar-refractivity contribution in [2.24, 2.45) is 0 Å². The lowest BCUT2D eigenvalue weighted by Crippen LogP contribution is -2.63. The Morgan fingerprint density at radius 2 is 0.344 bits per heavy atom. The van der Waals surface area contributed by atoms with E-state index < -0.39 is 0 Å². The number of unbranched alkanes of at least 4 members (excludes halogenated alkanes) is 14. The summed E-state index contributed by atoms with van der Waals surface area (Å²) in [7, 11) is 14.0. The molecular weight excluding hydrogens is 1580 g/mol. The standard InChI is InChI=1S/C104H199N23.CH4/c1-35-43-59-114(29)86-105-87(120(60-44-36-2)61-45-37-3)108-90(106-86)124(82-73-97(13,14)116(31)98(15,16)74-82)67-55-51-53-57-69-126(84-77-101(21,22)118(33)102(23,24)78-84)93-111-92(123(66-50-42-8)81-71-95(9,10)115(30)96(11,12)72-81)112-94(113-93)127(85-79-103(25,26)119(34)104(27,28)80-85)70-58-54-52-56-68-125(83-75-99(17,18)117(32)100(19,20)76-83)91-109-88(121(62-46-38-4)63-47-39-5)107-89(110-91)122(64-48-40-6)65-49-41-7;/h81-85H,35-80H2,1-34H3;1H4. The first kappa shape index (κ1) is 110. The van der Waals surface area contributed by atoms with Gasteiger partial charge in [-0.2, -0.15) is 44.9 Å². The number of anilines is 9. The second kappa shape index (κ2) is 47.5. The molecule has 0 N–H and O–H groups in total. The molecule has 8 rings (SSSR count). The van der Waals surface area contributed by atoms with Crippen molar-refractivity contribution in [2.45, 2.75) is 505 Å². The lowest BCUT2D eigenvalue weighted by atomic mass is 9.77. The smallest absolute Gasteiger partial charge is 0.232 e. The average molecular weight is 1790 g/mol. The van der Waals surface area contributed by atoms with Crippen LogP contribution in [0, 0.1) is 0 Å². The van der Waals surface area contributed by atoms with E-state index in [9.17, 15) is 0 Å². The number of rotatable bonds is 52. The first-order chi connectivity index (χ1) is 59.5. The van der Waals surface area contributed by atoms with Crippen LogP contribution in [0.4, 0.5) is 53.5 Å². The van der Waals surface area contributed by atoms with Gasteiger partial charge in [0.2, 0.25) is 53.5 Å². The van der Waals surface area contributed by atoms with Crippen molar-refractivity contribution in [3.05, 3.63) is 0 Å². The van der Waals surface area contributed by atoms with E-state index in [4.69, 9.17) is 44.9 Å². The third-order valence-electron chi connectivity index (χ3n) is 32.3. The molecule has 23 nitrogen and oxygen atoms in total. The number of aromatic nitrogens is 9. The van der Waals surface area contributed by atoms with Crippen LogP contribution >= 0.6 is 0 Å². The van der Waals surface area contributed by atoms with Gasteiger partial charge in [-0.25, -0.2) is 0 Å². The maximum absolute atomic E-state index is 6.18. The van der Waals surface area contributed by atoms with Crippen molar-refractivity contribution in [2.75, 3.05) is 165 Å². The normalized spacial score (nSPS) is 20.9. The van der Waals surface area contributed by atoms with Gasteiger partial charge in [-0.3, -0.25) is 24.5 Å². The van der Waals surface area contributed by atoms with Crippen LogP contribution in [-0.2, 0) is 0 Å². The molecule has 0 aliphatic carbocycles. The van der Waals surface area contributed by atoms with Gasteiger partial charge in [0.15, 0.2) is 0 Å². The molecule has 0 aromatic carbocycles. The molecule has 3 aromatic heterocycles. The Balaban J connectivity index is 0.0000224. The molecule has 5 fully saturated rings. The quantitative estimate of drug-likeness (QED) is 0.0490. The van der Waals surface area contributed by atoms with Crippen LogP contribution in [0.15, 0.2) is 0 Å². The summed E-state index contributed by atoms with van der Waals surface area (Å²) >= 11 is 0. The predicted molar refractivity (Wildman–Crippen MR) is 554 cm³/mol. The predicted octanol–water partition coefficient (Wildman–Crippen LogP) is 22.9. The van der Waals surface area contributed by atoms with Crippen molar-refractivity contribution in [1.82, 2.24) is 69.4 Å². The summed E-state index contributed by atoms with van der Waals surface area (Å²) in [5, 5.41) is 0. The highest BCUT2D eigenvalue weighted by molar-refractivity contribution is 5.52. The molecule has 5 saturated heterocycles. The lowest BCUT2D eigenvalue weighted by Gasteiger charge is -2.56. The maximum atomic E-state index is 6.18. The van der Waals surface area contributed by atoms with Gasteiger partial charge in [-0.05, 0) is 315 Å². The molecule has 0 radical (unpaired) electrons. The van der Waals surface area contributed by atoms with E-state index in [0.29, 0.717) is 0 Å². The Morgan fingerprint density at radius 3 is 0.531 bits per heavy atom. The van der Waals surface area contributed by atoms with Gasteiger partial charge in [-0.1, -0.05) is 140 Å². The van der Waals surface area contributed by atoms with E-state index in [-0.39, 0.29) is 93.0 Å². The molecule has 0 atom stereocenters. The second-order valence-corrected chi connectivity index (χ2v) is 46.9. The van der Waals surface area contributed by atoms with Crippen LogP contribution in [0.3, 0.4) is 0 Å². The van der Waals surface area contributed by atoms with Crippen molar-refractivity contribution >= 4 is 53.5 Å². The van der Waals surface area contributed by atoms with Crippen LogP contribution in [0.5, 0.6) is 0 Å². The van der Waals surface area contributed by atoms with Gasteiger partial charge in [-0.15, -0.1) is 0 Å². The van der Waals surface area contributed by atoms with E-state index in [1.165, 1.54) is 0 Å². The van der Waals surface area contributed by atoms with E-state index in [2.05, 4.69) is 305 Å². The fourth-order valence-electron chi connectivity index (χ4n) is 22.9. The highest BCUT2D eigenvalue weighted by Crippen LogP contribution is 2.48. The summed E-state index contributed by atoms with van der Waals surface area (Å²) in [4.78, 5) is 88.5. The molecule has 738 valence electrons. The Labute approximate surface area is 788 Å². The molecule has 5 aliphatic rings. The average Bonchev–Trinajstić information content (AvgIpc) is 0.757. The molecule has 8 heterocycles. The number of nitrogens with zero attached hydrogens (tertiary/aromatic N) is 23. The zero-order valence-corrected chi connectivity index (χ0v) is 89.2. The van der Waals surface area contributed by atoms with Gasteiger partial charge >= 0.3 is 0 Å². The molecule has 0 amide bonds. The molecule has 0 spiro atoms. The van der Waals surface area contributed by atoms with Gasteiger partial charge in [0, 0.05) is 171 Å². The monoisotopic (exact) mass is 1790 g/mol. The highest BCUT2D eigenvalue weighted by atomic mass is 15.5. The van der Waals surface area contributed by atoms with Gasteiger partial charge in [0.1, 0.15) is 0 Å². The molecule has 23 heteroatoms. The van der Waals surface area contributed by atoms with Crippen molar-refractivity contribution in [3.63, 3.8) is 0 Å². The van der Waals surface area contributed by atoms with Crippen molar-refractivity contribution < 1.29 is 0 Å². The van der Waals surface area contributed by atoms with E-state index >= 15 is 0 Å². The Kier molecular flexibility index (Phi) is 40.8. The molecule has 0 bridgehead atoms. The summed E-state index contributed by atoms with van der Waals surface area (Å²) in [6.07, 6.45) is 36.4. The molecule has 3 aromatic rings. The van der Waals surface area contributed by atoms with Crippen molar-refractivity contribution in [1.29, 1.82) is 0 Å².